The molecule has 0 spiro atoms. The Balaban J connectivity index is 1.37. The first-order valence-corrected chi connectivity index (χ1v) is 12.6. The molecule has 1 aliphatic heterocycles. The van der Waals surface area contributed by atoms with Gasteiger partial charge in [-0.25, -0.2) is 4.79 Å². The third kappa shape index (κ3) is 7.17. The highest BCUT2D eigenvalue weighted by Crippen LogP contribution is 2.36. The van der Waals surface area contributed by atoms with Crippen LogP contribution in [0.3, 0.4) is 0 Å². The molecule has 0 fully saturated rings. The number of para-hydroxylation sites is 2. The fraction of sp³-hybridized carbons (Fsp3) is 0.310. The van der Waals surface area contributed by atoms with Gasteiger partial charge in [-0.2, -0.15) is 0 Å². The van der Waals surface area contributed by atoms with Gasteiger partial charge >= 0.3 is 6.09 Å². The van der Waals surface area contributed by atoms with E-state index < -0.39 is 17.8 Å². The molecular formula is C29H31ClN2O5. The third-order valence-electron chi connectivity index (χ3n) is 5.64. The predicted molar refractivity (Wildman–Crippen MR) is 143 cm³/mol. The van der Waals surface area contributed by atoms with Crippen LogP contribution >= 0.6 is 11.6 Å². The number of halogens is 1. The number of carbonyl (C=O) groups is 2. The molecule has 0 aliphatic carbocycles. The number of hydrogen-bond donors (Lipinski definition) is 1. The van der Waals surface area contributed by atoms with E-state index >= 15 is 0 Å². The lowest BCUT2D eigenvalue weighted by Gasteiger charge is -2.34. The second-order valence-corrected chi connectivity index (χ2v) is 10.1. The second kappa shape index (κ2) is 11.6. The minimum atomic E-state index is -0.686. The molecule has 3 aromatic carbocycles. The second-order valence-electron chi connectivity index (χ2n) is 9.73. The zero-order valence-corrected chi connectivity index (χ0v) is 22.0. The van der Waals surface area contributed by atoms with E-state index in [4.69, 9.17) is 25.8 Å². The highest BCUT2D eigenvalue weighted by atomic mass is 35.5. The summed E-state index contributed by atoms with van der Waals surface area (Å²) in [6, 6.07) is 22.4. The molecule has 0 saturated heterocycles. The predicted octanol–water partition coefficient (Wildman–Crippen LogP) is 6.13. The maximum atomic E-state index is 13.4. The monoisotopic (exact) mass is 522 g/mol. The normalized spacial score (nSPS) is 15.0. The van der Waals surface area contributed by atoms with Gasteiger partial charge in [0, 0.05) is 18.0 Å². The van der Waals surface area contributed by atoms with Crippen LogP contribution in [0, 0.1) is 0 Å². The minimum absolute atomic E-state index is 0.141. The molecule has 194 valence electrons. The lowest BCUT2D eigenvalue weighted by Crippen LogP contribution is -2.46. The van der Waals surface area contributed by atoms with Crippen molar-refractivity contribution < 1.29 is 23.8 Å². The zero-order valence-electron chi connectivity index (χ0n) is 21.2. The Hall–Kier alpha value is -3.71. The van der Waals surface area contributed by atoms with E-state index in [0.717, 1.165) is 16.8 Å². The van der Waals surface area contributed by atoms with Gasteiger partial charge in [-0.1, -0.05) is 54.1 Å². The van der Waals surface area contributed by atoms with Crippen molar-refractivity contribution in [1.29, 1.82) is 0 Å². The molecule has 1 aliphatic rings. The molecule has 1 heterocycles. The van der Waals surface area contributed by atoms with Crippen LogP contribution in [0.5, 0.6) is 11.5 Å². The molecule has 0 radical (unpaired) electrons. The summed E-state index contributed by atoms with van der Waals surface area (Å²) in [5.41, 5.74) is 1.89. The Kier molecular flexibility index (Phi) is 8.24. The van der Waals surface area contributed by atoms with Crippen LogP contribution in [0.25, 0.3) is 0 Å². The number of amides is 2. The maximum absolute atomic E-state index is 13.4. The van der Waals surface area contributed by atoms with E-state index in [0.29, 0.717) is 36.0 Å². The molecule has 4 rings (SSSR count). The van der Waals surface area contributed by atoms with Crippen molar-refractivity contribution in [2.24, 2.45) is 0 Å². The Morgan fingerprint density at radius 1 is 1.05 bits per heavy atom. The SMILES string of the molecule is CC(C)(C)OC(=O)NCc1cccc(OCCC2Oc3ccccc3N(Cc3ccccc3Cl)C2=O)c1. The number of nitrogens with one attached hydrogen (secondary N) is 1. The summed E-state index contributed by atoms with van der Waals surface area (Å²) in [6.45, 7) is 6.39. The molecule has 0 aromatic heterocycles. The number of carbonyl (C=O) groups excluding carboxylic acids is 2. The molecule has 8 heteroatoms. The van der Waals surface area contributed by atoms with E-state index in [9.17, 15) is 9.59 Å². The maximum Gasteiger partial charge on any atom is 0.407 e. The van der Waals surface area contributed by atoms with Crippen LogP contribution in [-0.4, -0.2) is 30.3 Å². The largest absolute Gasteiger partial charge is 0.493 e. The molecule has 1 atom stereocenters. The number of fused-ring (bicyclic) bond motifs is 1. The van der Waals surface area contributed by atoms with Gasteiger partial charge < -0.3 is 24.4 Å². The molecule has 37 heavy (non-hydrogen) atoms. The molecule has 1 unspecified atom stereocenters. The first-order chi connectivity index (χ1) is 17.7. The fourth-order valence-electron chi connectivity index (χ4n) is 3.94. The number of alkyl carbamates (subject to hydrolysis) is 1. The average Bonchev–Trinajstić information content (AvgIpc) is 2.85. The van der Waals surface area contributed by atoms with Crippen LogP contribution in [0.15, 0.2) is 72.8 Å². The first kappa shape index (κ1) is 26.4. The van der Waals surface area contributed by atoms with E-state index in [1.807, 2.05) is 93.6 Å². The van der Waals surface area contributed by atoms with Crippen LogP contribution in [-0.2, 0) is 22.6 Å². The summed E-state index contributed by atoms with van der Waals surface area (Å²) in [7, 11) is 0. The van der Waals surface area contributed by atoms with Crippen molar-refractivity contribution in [3.8, 4) is 11.5 Å². The van der Waals surface area contributed by atoms with E-state index in [1.165, 1.54) is 0 Å². The van der Waals surface area contributed by atoms with Crippen molar-refractivity contribution >= 4 is 29.3 Å². The Bertz CT molecular complexity index is 1260. The van der Waals surface area contributed by atoms with Crippen molar-refractivity contribution in [2.75, 3.05) is 11.5 Å². The Morgan fingerprint density at radius 2 is 1.81 bits per heavy atom. The van der Waals surface area contributed by atoms with Gasteiger partial charge in [-0.05, 0) is 62.2 Å². The van der Waals surface area contributed by atoms with Gasteiger partial charge in [0.15, 0.2) is 6.10 Å². The van der Waals surface area contributed by atoms with Gasteiger partial charge in [-0.3, -0.25) is 4.79 Å². The van der Waals surface area contributed by atoms with Crippen LogP contribution in [0.1, 0.15) is 38.3 Å². The number of ether oxygens (including phenoxy) is 3. The third-order valence-corrected chi connectivity index (χ3v) is 6.00. The van der Waals surface area contributed by atoms with Crippen molar-refractivity contribution in [1.82, 2.24) is 5.32 Å². The number of anilines is 1. The molecule has 0 saturated carbocycles. The highest BCUT2D eigenvalue weighted by molar-refractivity contribution is 6.31. The molecular weight excluding hydrogens is 492 g/mol. The summed E-state index contributed by atoms with van der Waals surface area (Å²) < 4.78 is 17.2. The van der Waals surface area contributed by atoms with Crippen molar-refractivity contribution in [2.45, 2.75) is 52.0 Å². The van der Waals surface area contributed by atoms with Crippen molar-refractivity contribution in [3.05, 3.63) is 88.9 Å². The van der Waals surface area contributed by atoms with Gasteiger partial charge in [-0.15, -0.1) is 0 Å². The quantitative estimate of drug-likeness (QED) is 0.385. The number of rotatable bonds is 8. The summed E-state index contributed by atoms with van der Waals surface area (Å²) in [5, 5.41) is 3.35. The Labute approximate surface area is 222 Å². The number of nitrogens with zero attached hydrogens (tertiary/aromatic N) is 1. The van der Waals surface area contributed by atoms with Crippen LogP contribution < -0.4 is 19.7 Å². The molecule has 1 N–H and O–H groups in total. The molecule has 3 aromatic rings. The lowest BCUT2D eigenvalue weighted by molar-refractivity contribution is -0.127. The lowest BCUT2D eigenvalue weighted by atomic mass is 10.1. The van der Waals surface area contributed by atoms with E-state index in [-0.39, 0.29) is 12.5 Å². The highest BCUT2D eigenvalue weighted by Gasteiger charge is 2.34. The van der Waals surface area contributed by atoms with Crippen LogP contribution in [0.4, 0.5) is 10.5 Å². The van der Waals surface area contributed by atoms with Gasteiger partial charge in [0.2, 0.25) is 0 Å². The van der Waals surface area contributed by atoms with E-state index in [2.05, 4.69) is 5.32 Å². The van der Waals surface area contributed by atoms with Gasteiger partial charge in [0.1, 0.15) is 17.1 Å². The van der Waals surface area contributed by atoms with Crippen molar-refractivity contribution in [3.63, 3.8) is 0 Å². The van der Waals surface area contributed by atoms with Crippen LogP contribution in [0.2, 0.25) is 5.02 Å². The summed E-state index contributed by atoms with van der Waals surface area (Å²) in [6.07, 6.45) is -0.796. The van der Waals surface area contributed by atoms with E-state index in [1.54, 1.807) is 4.90 Å². The average molecular weight is 523 g/mol. The number of hydrogen-bond acceptors (Lipinski definition) is 5. The minimum Gasteiger partial charge on any atom is -0.493 e. The smallest absolute Gasteiger partial charge is 0.407 e. The first-order valence-electron chi connectivity index (χ1n) is 12.2. The molecule has 0 bridgehead atoms. The standard InChI is InChI=1S/C29H31ClN2O5/c1-29(2,3)37-28(34)31-18-20-9-8-11-22(17-20)35-16-15-26-27(33)32(19-21-10-4-5-12-23(21)30)24-13-6-7-14-25(24)36-26/h4-14,17,26H,15-16,18-19H2,1-3H3,(H,31,34). The van der Waals surface area contributed by atoms with Gasteiger partial charge in [0.05, 0.1) is 18.8 Å². The molecule has 2 amide bonds. The molecule has 7 nitrogen and oxygen atoms in total. The summed E-state index contributed by atoms with van der Waals surface area (Å²) >= 11 is 6.37. The fourth-order valence-corrected chi connectivity index (χ4v) is 4.13. The topological polar surface area (TPSA) is 77.1 Å². The zero-order chi connectivity index (χ0) is 26.4. The van der Waals surface area contributed by atoms with Gasteiger partial charge in [0.25, 0.3) is 5.91 Å². The summed E-state index contributed by atoms with van der Waals surface area (Å²) in [5.74, 6) is 1.15. The summed E-state index contributed by atoms with van der Waals surface area (Å²) in [4.78, 5) is 27.0. The number of benzene rings is 3. The Morgan fingerprint density at radius 3 is 2.59 bits per heavy atom.